The van der Waals surface area contributed by atoms with Gasteiger partial charge in [-0.3, -0.25) is 4.98 Å². The van der Waals surface area contributed by atoms with Gasteiger partial charge in [0, 0.05) is 43.0 Å². The number of thiazole rings is 1. The topological polar surface area (TPSA) is 118 Å². The van der Waals surface area contributed by atoms with E-state index in [2.05, 4.69) is 19.9 Å². The number of nitrogens with two attached hydrogens (primary N) is 1. The molecule has 4 aromatic rings. The number of rotatable bonds is 3. The summed E-state index contributed by atoms with van der Waals surface area (Å²) < 4.78 is 15.6. The molecule has 0 bridgehead atoms. The van der Waals surface area contributed by atoms with Gasteiger partial charge in [-0.2, -0.15) is 0 Å². The van der Waals surface area contributed by atoms with Crippen LogP contribution in [0.15, 0.2) is 42.9 Å². The van der Waals surface area contributed by atoms with Crippen molar-refractivity contribution in [3.63, 3.8) is 0 Å². The lowest BCUT2D eigenvalue weighted by atomic mass is 10.2. The van der Waals surface area contributed by atoms with Gasteiger partial charge in [0.2, 0.25) is 5.95 Å². The van der Waals surface area contributed by atoms with Crippen LogP contribution < -0.4 is 10.6 Å². The third-order valence-corrected chi connectivity index (χ3v) is 5.07. The van der Waals surface area contributed by atoms with E-state index in [1.807, 2.05) is 0 Å². The van der Waals surface area contributed by atoms with Crippen LogP contribution in [0, 0.1) is 5.82 Å². The van der Waals surface area contributed by atoms with Gasteiger partial charge in [0.15, 0.2) is 0 Å². The smallest absolute Gasteiger partial charge is 0.413 e. The molecule has 3 heterocycles. The molecule has 0 saturated carbocycles. The molecular weight excluding hydrogens is 383 g/mol. The van der Waals surface area contributed by atoms with E-state index in [9.17, 15) is 9.18 Å². The second-order valence-electron chi connectivity index (χ2n) is 5.91. The molecule has 0 spiro atoms. The minimum absolute atomic E-state index is 0.0158. The number of aromatic nitrogens is 4. The van der Waals surface area contributed by atoms with E-state index in [1.54, 1.807) is 18.2 Å². The molecule has 0 aliphatic carbocycles. The van der Waals surface area contributed by atoms with Crippen molar-refractivity contribution >= 4 is 39.3 Å². The molecule has 28 heavy (non-hydrogen) atoms. The molecule has 0 saturated heterocycles. The Morgan fingerprint density at radius 1 is 1.18 bits per heavy atom. The summed E-state index contributed by atoms with van der Waals surface area (Å²) in [6, 6.07) is 6.60. The van der Waals surface area contributed by atoms with Crippen LogP contribution in [0.5, 0.6) is 0 Å². The first-order valence-electron chi connectivity index (χ1n) is 8.03. The summed E-state index contributed by atoms with van der Waals surface area (Å²) in [4.78, 5) is 28.5. The number of hydrogen-bond acceptors (Lipinski definition) is 7. The summed E-state index contributed by atoms with van der Waals surface area (Å²) in [5.41, 5.74) is 8.21. The van der Waals surface area contributed by atoms with Crippen molar-refractivity contribution in [2.45, 2.75) is 0 Å². The number of anilines is 2. The molecule has 1 aromatic carbocycles. The second kappa shape index (κ2) is 6.82. The molecule has 0 aliphatic rings. The highest BCUT2D eigenvalue weighted by atomic mass is 32.1. The van der Waals surface area contributed by atoms with Crippen LogP contribution in [0.25, 0.3) is 32.0 Å². The Labute approximate surface area is 162 Å². The number of amides is 1. The van der Waals surface area contributed by atoms with Gasteiger partial charge >= 0.3 is 6.09 Å². The van der Waals surface area contributed by atoms with Gasteiger partial charge in [0.05, 0.1) is 21.5 Å². The number of carbonyl (C=O) groups is 1. The predicted molar refractivity (Wildman–Crippen MR) is 105 cm³/mol. The van der Waals surface area contributed by atoms with Crippen molar-refractivity contribution in [2.75, 3.05) is 17.7 Å². The lowest BCUT2D eigenvalue weighted by molar-refractivity contribution is 0.203. The monoisotopic (exact) mass is 396 g/mol. The highest BCUT2D eigenvalue weighted by molar-refractivity contribution is 7.21. The zero-order valence-electron chi connectivity index (χ0n) is 14.5. The Kier molecular flexibility index (Phi) is 4.32. The van der Waals surface area contributed by atoms with Gasteiger partial charge in [-0.15, -0.1) is 11.3 Å². The van der Waals surface area contributed by atoms with Crippen LogP contribution in [0.1, 0.15) is 0 Å². The van der Waals surface area contributed by atoms with Crippen molar-refractivity contribution in [2.24, 2.45) is 0 Å². The van der Waals surface area contributed by atoms with Crippen molar-refractivity contribution in [3.8, 4) is 21.8 Å². The molecular formula is C18H13FN6O2S. The number of pyridine rings is 1. The van der Waals surface area contributed by atoms with E-state index >= 15 is 0 Å². The van der Waals surface area contributed by atoms with E-state index in [-0.39, 0.29) is 11.5 Å². The lowest BCUT2D eigenvalue weighted by Crippen LogP contribution is -2.25. The van der Waals surface area contributed by atoms with E-state index in [0.29, 0.717) is 22.0 Å². The third-order valence-electron chi connectivity index (χ3n) is 4.02. The summed E-state index contributed by atoms with van der Waals surface area (Å²) in [6.45, 7) is 0. The van der Waals surface area contributed by atoms with Crippen LogP contribution in [-0.4, -0.2) is 38.2 Å². The van der Waals surface area contributed by atoms with Crippen LogP contribution in [-0.2, 0) is 0 Å². The van der Waals surface area contributed by atoms with Crippen molar-refractivity contribution in [1.82, 2.24) is 19.9 Å². The summed E-state index contributed by atoms with van der Waals surface area (Å²) in [5, 5.41) is 9.44. The van der Waals surface area contributed by atoms with Crippen molar-refractivity contribution in [3.05, 3.63) is 48.7 Å². The Balaban J connectivity index is 1.66. The normalized spacial score (nSPS) is 10.9. The number of benzene rings is 1. The first-order valence-corrected chi connectivity index (χ1v) is 8.85. The van der Waals surface area contributed by atoms with Crippen molar-refractivity contribution in [1.29, 1.82) is 0 Å². The third kappa shape index (κ3) is 3.21. The number of hydrogen-bond donors (Lipinski definition) is 2. The highest BCUT2D eigenvalue weighted by Crippen LogP contribution is 2.33. The highest BCUT2D eigenvalue weighted by Gasteiger charge is 2.15. The first-order chi connectivity index (χ1) is 13.4. The molecule has 0 fully saturated rings. The zero-order valence-corrected chi connectivity index (χ0v) is 15.3. The predicted octanol–water partition coefficient (Wildman–Crippen LogP) is 3.65. The molecule has 10 heteroatoms. The molecule has 0 atom stereocenters. The molecule has 3 N–H and O–H groups in total. The number of nitrogen functional groups attached to an aromatic ring is 1. The van der Waals surface area contributed by atoms with E-state index in [0.717, 1.165) is 15.1 Å². The largest absolute Gasteiger partial charge is 0.465 e. The SMILES string of the molecule is CN(C(=O)O)c1ncc(-c2cc(F)c(-c3nc4ccc(N)cc4s3)cn2)cn1. The van der Waals surface area contributed by atoms with Gasteiger partial charge in [0.25, 0.3) is 0 Å². The van der Waals surface area contributed by atoms with Crippen LogP contribution in [0.3, 0.4) is 0 Å². The molecule has 8 nitrogen and oxygen atoms in total. The molecule has 1 amide bonds. The number of nitrogens with zero attached hydrogens (tertiary/aromatic N) is 5. The molecule has 140 valence electrons. The second-order valence-corrected chi connectivity index (χ2v) is 6.94. The van der Waals surface area contributed by atoms with Crippen LogP contribution >= 0.6 is 11.3 Å². The van der Waals surface area contributed by atoms with E-state index < -0.39 is 11.9 Å². The minimum Gasteiger partial charge on any atom is -0.465 e. The summed E-state index contributed by atoms with van der Waals surface area (Å²) in [5.74, 6) is -0.467. The summed E-state index contributed by atoms with van der Waals surface area (Å²) >= 11 is 1.33. The minimum atomic E-state index is -1.18. The van der Waals surface area contributed by atoms with Crippen LogP contribution in [0.2, 0.25) is 0 Å². The Bertz CT molecular complexity index is 1190. The lowest BCUT2D eigenvalue weighted by Gasteiger charge is -2.10. The van der Waals surface area contributed by atoms with Gasteiger partial charge in [-0.05, 0) is 18.2 Å². The molecule has 4 rings (SSSR count). The Morgan fingerprint density at radius 3 is 2.61 bits per heavy atom. The fourth-order valence-electron chi connectivity index (χ4n) is 2.51. The number of fused-ring (bicyclic) bond motifs is 1. The van der Waals surface area contributed by atoms with Crippen LogP contribution in [0.4, 0.5) is 20.8 Å². The maximum atomic E-state index is 14.7. The maximum Gasteiger partial charge on any atom is 0.413 e. The summed E-state index contributed by atoms with van der Waals surface area (Å²) in [7, 11) is 1.33. The molecule has 0 unspecified atom stereocenters. The van der Waals surface area contributed by atoms with Gasteiger partial charge in [0.1, 0.15) is 10.8 Å². The Hall–Kier alpha value is -3.66. The number of halogens is 1. The fraction of sp³-hybridized carbons (Fsp3) is 0.0556. The van der Waals surface area contributed by atoms with Crippen molar-refractivity contribution < 1.29 is 14.3 Å². The van der Waals surface area contributed by atoms with Gasteiger partial charge in [-0.25, -0.2) is 29.0 Å². The fourth-order valence-corrected chi connectivity index (χ4v) is 3.54. The van der Waals surface area contributed by atoms with E-state index in [1.165, 1.54) is 43.0 Å². The Morgan fingerprint density at radius 2 is 1.93 bits per heavy atom. The molecule has 0 aliphatic heterocycles. The average Bonchev–Trinajstić information content (AvgIpc) is 3.10. The first kappa shape index (κ1) is 17.7. The standard InChI is InChI=1S/C18H13FN6O2S/c1-25(18(26)27)17-22-6-9(7-23-17)14-5-12(19)11(8-21-14)16-24-13-3-2-10(20)4-15(13)28-16/h2-8H,20H2,1H3,(H,26,27). The zero-order chi connectivity index (χ0) is 19.8. The average molecular weight is 396 g/mol. The molecule has 0 radical (unpaired) electrons. The molecule has 3 aromatic heterocycles. The number of carboxylic acid groups (broad SMARTS) is 1. The van der Waals surface area contributed by atoms with Gasteiger partial charge < -0.3 is 10.8 Å². The quantitative estimate of drug-likeness (QED) is 0.507. The van der Waals surface area contributed by atoms with E-state index in [4.69, 9.17) is 10.8 Å². The van der Waals surface area contributed by atoms with Gasteiger partial charge in [-0.1, -0.05) is 0 Å². The summed E-state index contributed by atoms with van der Waals surface area (Å²) in [6.07, 6.45) is 3.01. The maximum absolute atomic E-state index is 14.7.